The summed E-state index contributed by atoms with van der Waals surface area (Å²) in [6, 6.07) is 3.81. The zero-order chi connectivity index (χ0) is 14.4. The fraction of sp³-hybridized carbons (Fsp3) is 0.429. The number of carbonyl (C=O) groups is 1. The number of pyridine rings is 1. The second kappa shape index (κ2) is 4.26. The second-order valence-electron chi connectivity index (χ2n) is 5.87. The van der Waals surface area contributed by atoms with Gasteiger partial charge in [0.1, 0.15) is 5.82 Å². The van der Waals surface area contributed by atoms with Crippen molar-refractivity contribution in [2.24, 2.45) is 0 Å². The van der Waals surface area contributed by atoms with Gasteiger partial charge in [-0.15, -0.1) is 0 Å². The number of hydrogen-bond acceptors (Lipinski definition) is 3. The van der Waals surface area contributed by atoms with Crippen LogP contribution in [0.1, 0.15) is 37.1 Å². The van der Waals surface area contributed by atoms with Gasteiger partial charge in [-0.25, -0.2) is 9.78 Å². The Morgan fingerprint density at radius 1 is 1.37 bits per heavy atom. The van der Waals surface area contributed by atoms with Gasteiger partial charge in [-0.3, -0.25) is 0 Å². The van der Waals surface area contributed by atoms with Crippen molar-refractivity contribution in [3.05, 3.63) is 29.8 Å². The summed E-state index contributed by atoms with van der Waals surface area (Å²) in [5, 5.41) is 9.30. The molecule has 0 aliphatic heterocycles. The Labute approximate surface area is 112 Å². The molecule has 19 heavy (non-hydrogen) atoms. The highest BCUT2D eigenvalue weighted by molar-refractivity contribution is 5.94. The van der Waals surface area contributed by atoms with E-state index in [1.165, 1.54) is 0 Å². The van der Waals surface area contributed by atoms with Gasteiger partial charge in [0, 0.05) is 31.4 Å². The lowest BCUT2D eigenvalue weighted by Crippen LogP contribution is -2.16. The normalized spacial score (nSPS) is 11.8. The molecule has 0 bridgehead atoms. The lowest BCUT2D eigenvalue weighted by molar-refractivity contribution is 0.0693. The van der Waals surface area contributed by atoms with E-state index in [0.29, 0.717) is 5.52 Å². The topological polar surface area (TPSA) is 57.8 Å². The van der Waals surface area contributed by atoms with Crippen LogP contribution < -0.4 is 4.90 Å². The highest BCUT2D eigenvalue weighted by Crippen LogP contribution is 2.26. The maximum atomic E-state index is 11.3. The third kappa shape index (κ3) is 2.28. The molecule has 0 radical (unpaired) electrons. The molecule has 0 aliphatic carbocycles. The molecule has 5 heteroatoms. The highest BCUT2D eigenvalue weighted by atomic mass is 16.4. The van der Waals surface area contributed by atoms with Gasteiger partial charge < -0.3 is 14.4 Å². The average Bonchev–Trinajstić information content (AvgIpc) is 2.66. The Hall–Kier alpha value is -2.04. The van der Waals surface area contributed by atoms with Gasteiger partial charge in [0.2, 0.25) is 0 Å². The lowest BCUT2D eigenvalue weighted by atomic mass is 9.96. The van der Waals surface area contributed by atoms with Crippen LogP contribution in [0.3, 0.4) is 0 Å². The molecule has 0 saturated heterocycles. The number of anilines is 1. The van der Waals surface area contributed by atoms with Gasteiger partial charge >= 0.3 is 5.97 Å². The van der Waals surface area contributed by atoms with Crippen molar-refractivity contribution in [1.82, 2.24) is 9.38 Å². The molecule has 2 aromatic rings. The predicted molar refractivity (Wildman–Crippen MR) is 75.2 cm³/mol. The Balaban J connectivity index is 2.79. The number of nitrogens with zero attached hydrogens (tertiary/aromatic N) is 3. The quantitative estimate of drug-likeness (QED) is 0.901. The molecule has 0 aromatic carbocycles. The fourth-order valence-corrected chi connectivity index (χ4v) is 2.04. The molecule has 0 unspecified atom stereocenters. The lowest BCUT2D eigenvalue weighted by Gasteiger charge is -2.17. The first-order valence-corrected chi connectivity index (χ1v) is 6.15. The molecule has 1 N–H and O–H groups in total. The maximum Gasteiger partial charge on any atom is 0.356 e. The van der Waals surface area contributed by atoms with Crippen LogP contribution >= 0.6 is 0 Å². The number of fused-ring (bicyclic) bond motifs is 1. The monoisotopic (exact) mass is 261 g/mol. The summed E-state index contributed by atoms with van der Waals surface area (Å²) in [4.78, 5) is 17.6. The predicted octanol–water partition coefficient (Wildman–Crippen LogP) is 2.40. The zero-order valence-electron chi connectivity index (χ0n) is 11.9. The number of imidazole rings is 1. The van der Waals surface area contributed by atoms with Crippen molar-refractivity contribution in [2.45, 2.75) is 26.2 Å². The van der Waals surface area contributed by atoms with E-state index in [4.69, 9.17) is 0 Å². The largest absolute Gasteiger partial charge is 0.476 e. The Morgan fingerprint density at radius 3 is 2.47 bits per heavy atom. The van der Waals surface area contributed by atoms with Crippen LogP contribution in [0.5, 0.6) is 0 Å². The van der Waals surface area contributed by atoms with Crippen molar-refractivity contribution in [3.63, 3.8) is 0 Å². The summed E-state index contributed by atoms with van der Waals surface area (Å²) in [5.41, 5.74) is 1.48. The number of carboxylic acids is 1. The van der Waals surface area contributed by atoms with Crippen LogP contribution in [0.25, 0.3) is 5.52 Å². The first-order chi connectivity index (χ1) is 8.71. The molecule has 2 aromatic heterocycles. The molecule has 2 rings (SSSR count). The second-order valence-corrected chi connectivity index (χ2v) is 5.87. The fourth-order valence-electron chi connectivity index (χ4n) is 2.04. The molecule has 0 amide bonds. The standard InChI is InChI=1S/C14H19N3O2/c1-14(2,3)13-15-11(12(18)19)10-8-9(16(4)5)6-7-17(10)13/h6-8H,1-5H3,(H,18,19). The van der Waals surface area contributed by atoms with Gasteiger partial charge in [-0.05, 0) is 12.1 Å². The first-order valence-electron chi connectivity index (χ1n) is 6.15. The molecular formula is C14H19N3O2. The van der Waals surface area contributed by atoms with Crippen molar-refractivity contribution in [3.8, 4) is 0 Å². The molecule has 0 aliphatic rings. The van der Waals surface area contributed by atoms with Crippen LogP contribution in [0.15, 0.2) is 18.3 Å². The minimum atomic E-state index is -0.996. The third-order valence-corrected chi connectivity index (χ3v) is 3.02. The Kier molecular flexibility index (Phi) is 3.00. The summed E-state index contributed by atoms with van der Waals surface area (Å²) in [6.45, 7) is 6.06. The average molecular weight is 261 g/mol. The van der Waals surface area contributed by atoms with Gasteiger partial charge in [0.15, 0.2) is 5.69 Å². The van der Waals surface area contributed by atoms with E-state index in [-0.39, 0.29) is 11.1 Å². The van der Waals surface area contributed by atoms with E-state index in [1.807, 2.05) is 62.5 Å². The van der Waals surface area contributed by atoms with Crippen LogP contribution in [0.2, 0.25) is 0 Å². The molecule has 2 heterocycles. The maximum absolute atomic E-state index is 11.3. The van der Waals surface area contributed by atoms with Crippen LogP contribution in [-0.2, 0) is 5.41 Å². The van der Waals surface area contributed by atoms with Crippen LogP contribution in [0.4, 0.5) is 5.69 Å². The van der Waals surface area contributed by atoms with E-state index in [9.17, 15) is 9.90 Å². The van der Waals surface area contributed by atoms with E-state index < -0.39 is 5.97 Å². The number of aromatic carboxylic acids is 1. The Bertz CT molecular complexity index is 636. The number of carboxylic acid groups (broad SMARTS) is 1. The Morgan fingerprint density at radius 2 is 2.00 bits per heavy atom. The van der Waals surface area contributed by atoms with Crippen molar-refractivity contribution < 1.29 is 9.90 Å². The summed E-state index contributed by atoms with van der Waals surface area (Å²) >= 11 is 0. The van der Waals surface area contributed by atoms with Crippen LogP contribution in [0, 0.1) is 0 Å². The van der Waals surface area contributed by atoms with Gasteiger partial charge in [-0.2, -0.15) is 0 Å². The minimum absolute atomic E-state index is 0.105. The summed E-state index contributed by atoms with van der Waals surface area (Å²) < 4.78 is 1.86. The SMILES string of the molecule is CN(C)c1ccn2c(C(C)(C)C)nc(C(=O)O)c2c1. The molecule has 0 spiro atoms. The molecule has 0 atom stereocenters. The van der Waals surface area contributed by atoms with Gasteiger partial charge in [0.05, 0.1) is 5.52 Å². The van der Waals surface area contributed by atoms with Crippen LogP contribution in [-0.4, -0.2) is 34.6 Å². The molecule has 0 saturated carbocycles. The molecular weight excluding hydrogens is 242 g/mol. The zero-order valence-corrected chi connectivity index (χ0v) is 11.9. The van der Waals surface area contributed by atoms with Gasteiger partial charge in [0.25, 0.3) is 0 Å². The number of rotatable bonds is 2. The van der Waals surface area contributed by atoms with E-state index in [2.05, 4.69) is 4.98 Å². The minimum Gasteiger partial charge on any atom is -0.476 e. The van der Waals surface area contributed by atoms with E-state index in [1.54, 1.807) is 0 Å². The van der Waals surface area contributed by atoms with Crippen molar-refractivity contribution in [2.75, 3.05) is 19.0 Å². The van der Waals surface area contributed by atoms with Gasteiger partial charge in [-0.1, -0.05) is 20.8 Å². The third-order valence-electron chi connectivity index (χ3n) is 3.02. The summed E-state index contributed by atoms with van der Waals surface area (Å²) in [5.74, 6) is -0.242. The van der Waals surface area contributed by atoms with Crippen molar-refractivity contribution in [1.29, 1.82) is 0 Å². The van der Waals surface area contributed by atoms with E-state index in [0.717, 1.165) is 11.5 Å². The smallest absolute Gasteiger partial charge is 0.356 e. The summed E-state index contributed by atoms with van der Waals surface area (Å²) in [6.07, 6.45) is 1.88. The highest BCUT2D eigenvalue weighted by Gasteiger charge is 2.25. The number of aromatic nitrogens is 2. The summed E-state index contributed by atoms with van der Waals surface area (Å²) in [7, 11) is 3.85. The number of hydrogen-bond donors (Lipinski definition) is 1. The first kappa shape index (κ1) is 13.4. The van der Waals surface area contributed by atoms with E-state index >= 15 is 0 Å². The molecule has 102 valence electrons. The molecule has 5 nitrogen and oxygen atoms in total. The molecule has 0 fully saturated rings. The van der Waals surface area contributed by atoms with Crippen molar-refractivity contribution >= 4 is 17.2 Å².